The van der Waals surface area contributed by atoms with Crippen molar-refractivity contribution >= 4 is 33.4 Å². The fourth-order valence-corrected chi connectivity index (χ4v) is 3.23. The molecule has 0 radical (unpaired) electrons. The topological polar surface area (TPSA) is 96.4 Å². The number of carboxylic acid groups (broad SMARTS) is 1. The second-order valence-electron chi connectivity index (χ2n) is 4.25. The van der Waals surface area contributed by atoms with E-state index in [9.17, 15) is 13.2 Å². The van der Waals surface area contributed by atoms with Crippen molar-refractivity contribution in [3.05, 3.63) is 52.7 Å². The van der Waals surface area contributed by atoms with Gasteiger partial charge in [0.25, 0.3) is 10.0 Å². The number of aromatic nitrogens is 1. The van der Waals surface area contributed by atoms with Crippen LogP contribution in [0.5, 0.6) is 0 Å². The van der Waals surface area contributed by atoms with Crippen LogP contribution in [0.15, 0.2) is 41.3 Å². The molecular weight excluding hydrogens is 316 g/mol. The molecule has 1 aromatic heterocycles. The number of nitrogens with zero attached hydrogens (tertiary/aromatic N) is 1. The fraction of sp³-hybridized carbons (Fsp3) is 0.0769. The summed E-state index contributed by atoms with van der Waals surface area (Å²) < 4.78 is 26.7. The minimum atomic E-state index is -3.94. The Morgan fingerprint density at radius 1 is 1.29 bits per heavy atom. The van der Waals surface area contributed by atoms with Gasteiger partial charge in [0.2, 0.25) is 0 Å². The third kappa shape index (κ3) is 3.50. The zero-order valence-electron chi connectivity index (χ0n) is 10.9. The SMILES string of the molecule is Cc1ccc(S(=O)(=O)Nc2cccc(C(=O)O)n2)c(Cl)c1. The zero-order valence-corrected chi connectivity index (χ0v) is 12.4. The Morgan fingerprint density at radius 2 is 2.00 bits per heavy atom. The first-order valence-corrected chi connectivity index (χ1v) is 7.65. The van der Waals surface area contributed by atoms with Crippen LogP contribution in [-0.4, -0.2) is 24.5 Å². The lowest BCUT2D eigenvalue weighted by Gasteiger charge is -2.09. The van der Waals surface area contributed by atoms with Gasteiger partial charge in [0, 0.05) is 0 Å². The molecule has 0 aliphatic heterocycles. The van der Waals surface area contributed by atoms with Crippen LogP contribution in [-0.2, 0) is 10.0 Å². The maximum Gasteiger partial charge on any atom is 0.354 e. The van der Waals surface area contributed by atoms with Gasteiger partial charge < -0.3 is 5.11 Å². The summed E-state index contributed by atoms with van der Waals surface area (Å²) >= 11 is 5.93. The lowest BCUT2D eigenvalue weighted by Crippen LogP contribution is -2.15. The molecule has 1 aromatic carbocycles. The van der Waals surface area contributed by atoms with Gasteiger partial charge in [-0.3, -0.25) is 4.72 Å². The maximum absolute atomic E-state index is 12.2. The number of rotatable bonds is 4. The van der Waals surface area contributed by atoms with Crippen molar-refractivity contribution in [2.45, 2.75) is 11.8 Å². The summed E-state index contributed by atoms with van der Waals surface area (Å²) in [4.78, 5) is 14.4. The molecule has 21 heavy (non-hydrogen) atoms. The highest BCUT2D eigenvalue weighted by atomic mass is 35.5. The van der Waals surface area contributed by atoms with Gasteiger partial charge in [0.15, 0.2) is 5.69 Å². The summed E-state index contributed by atoms with van der Waals surface area (Å²) in [7, 11) is -3.94. The number of nitrogens with one attached hydrogen (secondary N) is 1. The van der Waals surface area contributed by atoms with E-state index in [0.717, 1.165) is 5.56 Å². The number of hydrogen-bond donors (Lipinski definition) is 2. The minimum Gasteiger partial charge on any atom is -0.477 e. The predicted octanol–water partition coefficient (Wildman–Crippen LogP) is 2.54. The summed E-state index contributed by atoms with van der Waals surface area (Å²) in [6.07, 6.45) is 0. The van der Waals surface area contributed by atoms with Crippen molar-refractivity contribution in [2.75, 3.05) is 4.72 Å². The van der Waals surface area contributed by atoms with E-state index in [1.165, 1.54) is 30.3 Å². The maximum atomic E-state index is 12.2. The van der Waals surface area contributed by atoms with E-state index in [4.69, 9.17) is 16.7 Å². The largest absolute Gasteiger partial charge is 0.477 e. The van der Waals surface area contributed by atoms with E-state index in [1.54, 1.807) is 13.0 Å². The van der Waals surface area contributed by atoms with Gasteiger partial charge in [-0.05, 0) is 36.8 Å². The molecule has 110 valence electrons. The summed E-state index contributed by atoms with van der Waals surface area (Å²) in [6, 6.07) is 8.52. The molecule has 2 rings (SSSR count). The highest BCUT2D eigenvalue weighted by Gasteiger charge is 2.19. The van der Waals surface area contributed by atoms with E-state index in [-0.39, 0.29) is 21.4 Å². The quantitative estimate of drug-likeness (QED) is 0.900. The van der Waals surface area contributed by atoms with Crippen LogP contribution in [0.2, 0.25) is 5.02 Å². The average molecular weight is 327 g/mol. The first-order chi connectivity index (χ1) is 9.79. The molecule has 2 aromatic rings. The number of pyridine rings is 1. The number of anilines is 1. The molecule has 0 spiro atoms. The van der Waals surface area contributed by atoms with Gasteiger partial charge in [0.05, 0.1) is 5.02 Å². The van der Waals surface area contributed by atoms with Gasteiger partial charge in [-0.1, -0.05) is 23.7 Å². The Morgan fingerprint density at radius 3 is 2.62 bits per heavy atom. The number of benzene rings is 1. The zero-order chi connectivity index (χ0) is 15.6. The van der Waals surface area contributed by atoms with Crippen LogP contribution in [0.25, 0.3) is 0 Å². The van der Waals surface area contributed by atoms with E-state index >= 15 is 0 Å². The highest BCUT2D eigenvalue weighted by molar-refractivity contribution is 7.92. The second-order valence-corrected chi connectivity index (χ2v) is 6.31. The van der Waals surface area contributed by atoms with E-state index < -0.39 is 16.0 Å². The molecule has 0 amide bonds. The Bertz CT molecular complexity index is 806. The molecule has 8 heteroatoms. The number of carboxylic acids is 1. The average Bonchev–Trinajstić information content (AvgIpc) is 2.37. The highest BCUT2D eigenvalue weighted by Crippen LogP contribution is 2.24. The summed E-state index contributed by atoms with van der Waals surface area (Å²) in [6.45, 7) is 1.79. The Kier molecular flexibility index (Phi) is 4.15. The van der Waals surface area contributed by atoms with E-state index in [0.29, 0.717) is 0 Å². The van der Waals surface area contributed by atoms with Crippen molar-refractivity contribution < 1.29 is 18.3 Å². The number of aromatic carboxylic acids is 1. The minimum absolute atomic E-state index is 0.0805. The van der Waals surface area contributed by atoms with Crippen molar-refractivity contribution in [3.8, 4) is 0 Å². The summed E-state index contributed by atoms with van der Waals surface area (Å²) in [5.41, 5.74) is 0.565. The molecule has 0 bridgehead atoms. The molecule has 0 atom stereocenters. The number of aryl methyl sites for hydroxylation is 1. The molecule has 6 nitrogen and oxygen atoms in total. The molecule has 0 aliphatic rings. The standard InChI is InChI=1S/C13H11ClN2O4S/c1-8-5-6-11(9(14)7-8)21(19,20)16-12-4-2-3-10(15-12)13(17)18/h2-7H,1H3,(H,15,16)(H,17,18). The third-order valence-corrected chi connectivity index (χ3v) is 4.42. The van der Waals surface area contributed by atoms with Crippen LogP contribution in [0, 0.1) is 6.92 Å². The Labute approximate surface area is 126 Å². The van der Waals surface area contributed by atoms with Gasteiger partial charge in [-0.15, -0.1) is 0 Å². The molecular formula is C13H11ClN2O4S. The monoisotopic (exact) mass is 326 g/mol. The Hall–Kier alpha value is -2.12. The predicted molar refractivity (Wildman–Crippen MR) is 78.2 cm³/mol. The molecule has 0 unspecified atom stereocenters. The molecule has 1 heterocycles. The second kappa shape index (κ2) is 5.71. The molecule has 0 aliphatic carbocycles. The van der Waals surface area contributed by atoms with Crippen molar-refractivity contribution in [3.63, 3.8) is 0 Å². The number of hydrogen-bond acceptors (Lipinski definition) is 4. The Balaban J connectivity index is 2.37. The van der Waals surface area contributed by atoms with E-state index in [1.807, 2.05) is 0 Å². The number of carbonyl (C=O) groups is 1. The molecule has 0 fully saturated rings. The van der Waals surface area contributed by atoms with Crippen molar-refractivity contribution in [2.24, 2.45) is 0 Å². The lowest BCUT2D eigenvalue weighted by molar-refractivity contribution is 0.0690. The number of halogens is 1. The normalized spacial score (nSPS) is 11.1. The van der Waals surface area contributed by atoms with Gasteiger partial charge in [-0.25, -0.2) is 18.2 Å². The van der Waals surface area contributed by atoms with Crippen LogP contribution < -0.4 is 4.72 Å². The first-order valence-electron chi connectivity index (χ1n) is 5.79. The van der Waals surface area contributed by atoms with Crippen LogP contribution in [0.4, 0.5) is 5.82 Å². The molecule has 0 saturated carbocycles. The molecule has 0 saturated heterocycles. The first kappa shape index (κ1) is 15.3. The van der Waals surface area contributed by atoms with Gasteiger partial charge >= 0.3 is 5.97 Å². The smallest absolute Gasteiger partial charge is 0.354 e. The summed E-state index contributed by atoms with van der Waals surface area (Å²) in [5.74, 6) is -1.34. The van der Waals surface area contributed by atoms with Crippen LogP contribution in [0.1, 0.15) is 16.1 Å². The van der Waals surface area contributed by atoms with Crippen LogP contribution >= 0.6 is 11.6 Å². The molecule has 2 N–H and O–H groups in total. The van der Waals surface area contributed by atoms with Crippen molar-refractivity contribution in [1.29, 1.82) is 0 Å². The van der Waals surface area contributed by atoms with Gasteiger partial charge in [-0.2, -0.15) is 0 Å². The third-order valence-electron chi connectivity index (χ3n) is 2.58. The van der Waals surface area contributed by atoms with Crippen molar-refractivity contribution in [1.82, 2.24) is 4.98 Å². The van der Waals surface area contributed by atoms with Crippen LogP contribution in [0.3, 0.4) is 0 Å². The lowest BCUT2D eigenvalue weighted by atomic mass is 10.2. The van der Waals surface area contributed by atoms with E-state index in [2.05, 4.69) is 9.71 Å². The number of sulfonamides is 1. The summed E-state index contributed by atoms with van der Waals surface area (Å²) in [5, 5.41) is 8.92. The van der Waals surface area contributed by atoms with Gasteiger partial charge in [0.1, 0.15) is 10.7 Å². The fourth-order valence-electron chi connectivity index (χ4n) is 1.63.